The second-order valence-electron chi connectivity index (χ2n) is 3.79. The zero-order chi connectivity index (χ0) is 10.8. The summed E-state index contributed by atoms with van der Waals surface area (Å²) in [4.78, 5) is 0. The highest BCUT2D eigenvalue weighted by molar-refractivity contribution is 5.16. The first-order chi connectivity index (χ1) is 7.43. The van der Waals surface area contributed by atoms with E-state index in [-0.39, 0.29) is 0 Å². The van der Waals surface area contributed by atoms with Gasteiger partial charge in [0.15, 0.2) is 0 Å². The molecule has 2 rings (SSSR count). The molecule has 15 heavy (non-hydrogen) atoms. The van der Waals surface area contributed by atoms with Crippen LogP contribution < -0.4 is 5.32 Å². The van der Waals surface area contributed by atoms with Gasteiger partial charge in [-0.25, -0.2) is 0 Å². The molecule has 0 atom stereocenters. The van der Waals surface area contributed by atoms with Gasteiger partial charge in [0.25, 0.3) is 0 Å². The minimum absolute atomic E-state index is 0.973. The van der Waals surface area contributed by atoms with Crippen molar-refractivity contribution < 1.29 is 0 Å². The third-order valence-corrected chi connectivity index (χ3v) is 2.43. The Balaban J connectivity index is 0.000000162. The van der Waals surface area contributed by atoms with Crippen LogP contribution in [0.3, 0.4) is 0 Å². The van der Waals surface area contributed by atoms with E-state index in [4.69, 9.17) is 0 Å². The predicted octanol–water partition coefficient (Wildman–Crippen LogP) is 3.18. The van der Waals surface area contributed by atoms with Gasteiger partial charge in [-0.2, -0.15) is 0 Å². The molecule has 0 amide bonds. The fourth-order valence-electron chi connectivity index (χ4n) is 1.58. The second kappa shape index (κ2) is 8.25. The van der Waals surface area contributed by atoms with Crippen LogP contribution in [0.4, 0.5) is 0 Å². The first-order valence-electron chi connectivity index (χ1n) is 5.79. The lowest BCUT2D eigenvalue weighted by Crippen LogP contribution is -2.21. The molecule has 0 aliphatic carbocycles. The van der Waals surface area contributed by atoms with E-state index < -0.39 is 0 Å². The average molecular weight is 203 g/mol. The Morgan fingerprint density at radius 2 is 1.73 bits per heavy atom. The largest absolute Gasteiger partial charge is 0.317 e. The SMILES string of the molecule is C1CCNCC1.C=CCc1ccccc1. The normalized spacial score (nSPS) is 14.9. The highest BCUT2D eigenvalue weighted by atomic mass is 14.9. The smallest absolute Gasteiger partial charge is 0.00489 e. The average Bonchev–Trinajstić information content (AvgIpc) is 2.34. The summed E-state index contributed by atoms with van der Waals surface area (Å²) in [6.45, 7) is 6.16. The molecule has 0 spiro atoms. The molecule has 1 saturated heterocycles. The lowest BCUT2D eigenvalue weighted by Gasteiger charge is -2.08. The van der Waals surface area contributed by atoms with E-state index in [1.807, 2.05) is 24.3 Å². The number of hydrogen-bond acceptors (Lipinski definition) is 1. The molecule has 1 N–H and O–H groups in total. The van der Waals surface area contributed by atoms with Gasteiger partial charge in [0.2, 0.25) is 0 Å². The molecule has 1 aromatic rings. The van der Waals surface area contributed by atoms with Crippen LogP contribution in [0.2, 0.25) is 0 Å². The molecule has 0 radical (unpaired) electrons. The van der Waals surface area contributed by atoms with Crippen LogP contribution in [0, 0.1) is 0 Å². The maximum absolute atomic E-state index is 3.66. The molecule has 1 aliphatic rings. The Hall–Kier alpha value is -1.08. The van der Waals surface area contributed by atoms with E-state index >= 15 is 0 Å². The Morgan fingerprint density at radius 3 is 2.13 bits per heavy atom. The van der Waals surface area contributed by atoms with Gasteiger partial charge in [0.1, 0.15) is 0 Å². The minimum atomic E-state index is 0.973. The van der Waals surface area contributed by atoms with E-state index in [1.54, 1.807) is 0 Å². The van der Waals surface area contributed by atoms with Crippen LogP contribution in [0.25, 0.3) is 0 Å². The van der Waals surface area contributed by atoms with E-state index in [0.29, 0.717) is 0 Å². The molecule has 0 unspecified atom stereocenters. The molecule has 1 nitrogen and oxygen atoms in total. The van der Waals surface area contributed by atoms with Gasteiger partial charge < -0.3 is 5.32 Å². The molecule has 0 aromatic heterocycles. The number of piperidine rings is 1. The molecule has 1 aliphatic heterocycles. The molecule has 1 heterocycles. The maximum Gasteiger partial charge on any atom is -0.00489 e. The van der Waals surface area contributed by atoms with Crippen LogP contribution >= 0.6 is 0 Å². The summed E-state index contributed by atoms with van der Waals surface area (Å²) in [6.07, 6.45) is 7.10. The Kier molecular flexibility index (Phi) is 6.59. The third kappa shape index (κ3) is 6.08. The quantitative estimate of drug-likeness (QED) is 0.728. The maximum atomic E-state index is 3.66. The summed E-state index contributed by atoms with van der Waals surface area (Å²) in [7, 11) is 0. The number of benzene rings is 1. The summed E-state index contributed by atoms with van der Waals surface area (Å²) < 4.78 is 0. The molecule has 0 saturated carbocycles. The summed E-state index contributed by atoms with van der Waals surface area (Å²) in [5.74, 6) is 0. The summed E-state index contributed by atoms with van der Waals surface area (Å²) in [5, 5.41) is 3.28. The minimum Gasteiger partial charge on any atom is -0.317 e. The molecular formula is C14H21N. The van der Waals surface area contributed by atoms with Crippen molar-refractivity contribution in [2.75, 3.05) is 13.1 Å². The lowest BCUT2D eigenvalue weighted by atomic mass is 10.2. The Labute approximate surface area is 93.2 Å². The van der Waals surface area contributed by atoms with Crippen LogP contribution in [0.1, 0.15) is 24.8 Å². The van der Waals surface area contributed by atoms with Crippen molar-refractivity contribution in [1.29, 1.82) is 0 Å². The predicted molar refractivity (Wildman–Crippen MR) is 67.1 cm³/mol. The topological polar surface area (TPSA) is 12.0 Å². The molecule has 0 bridgehead atoms. The zero-order valence-electron chi connectivity index (χ0n) is 9.41. The van der Waals surface area contributed by atoms with Gasteiger partial charge in [-0.3, -0.25) is 0 Å². The van der Waals surface area contributed by atoms with E-state index in [0.717, 1.165) is 6.42 Å². The fourth-order valence-corrected chi connectivity index (χ4v) is 1.58. The van der Waals surface area contributed by atoms with Crippen molar-refractivity contribution in [3.8, 4) is 0 Å². The molecule has 1 heteroatoms. The summed E-state index contributed by atoms with van der Waals surface area (Å²) >= 11 is 0. The number of nitrogens with one attached hydrogen (secondary N) is 1. The first-order valence-corrected chi connectivity index (χ1v) is 5.79. The number of hydrogen-bond donors (Lipinski definition) is 1. The lowest BCUT2D eigenvalue weighted by molar-refractivity contribution is 0.520. The first kappa shape index (κ1) is 12.0. The Morgan fingerprint density at radius 1 is 1.07 bits per heavy atom. The molecular weight excluding hydrogens is 182 g/mol. The van der Waals surface area contributed by atoms with Crippen LogP contribution in [-0.4, -0.2) is 13.1 Å². The van der Waals surface area contributed by atoms with Gasteiger partial charge in [-0.1, -0.05) is 42.8 Å². The van der Waals surface area contributed by atoms with E-state index in [2.05, 4.69) is 24.0 Å². The number of rotatable bonds is 2. The monoisotopic (exact) mass is 203 g/mol. The third-order valence-electron chi connectivity index (χ3n) is 2.43. The van der Waals surface area contributed by atoms with Gasteiger partial charge in [0, 0.05) is 0 Å². The molecule has 1 fully saturated rings. The number of allylic oxidation sites excluding steroid dienone is 1. The van der Waals surface area contributed by atoms with Crippen molar-refractivity contribution in [1.82, 2.24) is 5.32 Å². The molecule has 1 aromatic carbocycles. The second-order valence-corrected chi connectivity index (χ2v) is 3.79. The summed E-state index contributed by atoms with van der Waals surface area (Å²) in [6, 6.07) is 10.3. The fraction of sp³-hybridized carbons (Fsp3) is 0.429. The van der Waals surface area contributed by atoms with Crippen molar-refractivity contribution >= 4 is 0 Å². The van der Waals surface area contributed by atoms with Gasteiger partial charge in [0.05, 0.1) is 0 Å². The van der Waals surface area contributed by atoms with Gasteiger partial charge in [-0.05, 0) is 37.9 Å². The van der Waals surface area contributed by atoms with Crippen molar-refractivity contribution in [2.24, 2.45) is 0 Å². The standard InChI is InChI=1S/C9H10.C5H11N/c1-2-6-9-7-4-3-5-8-9;1-2-4-6-5-3-1/h2-5,7-8H,1,6H2;6H,1-5H2. The van der Waals surface area contributed by atoms with Gasteiger partial charge in [-0.15, -0.1) is 6.58 Å². The van der Waals surface area contributed by atoms with Gasteiger partial charge >= 0.3 is 0 Å². The van der Waals surface area contributed by atoms with Crippen LogP contribution in [0.5, 0.6) is 0 Å². The highest BCUT2D eigenvalue weighted by Gasteiger charge is 1.93. The zero-order valence-corrected chi connectivity index (χ0v) is 9.41. The molecule has 82 valence electrons. The Bertz CT molecular complexity index is 238. The van der Waals surface area contributed by atoms with Crippen molar-refractivity contribution in [2.45, 2.75) is 25.7 Å². The van der Waals surface area contributed by atoms with Crippen LogP contribution in [-0.2, 0) is 6.42 Å². The van der Waals surface area contributed by atoms with Crippen molar-refractivity contribution in [3.63, 3.8) is 0 Å². The van der Waals surface area contributed by atoms with Crippen molar-refractivity contribution in [3.05, 3.63) is 48.6 Å². The van der Waals surface area contributed by atoms with E-state index in [1.165, 1.54) is 37.9 Å². The highest BCUT2D eigenvalue weighted by Crippen LogP contribution is 1.98. The van der Waals surface area contributed by atoms with E-state index in [9.17, 15) is 0 Å². The van der Waals surface area contributed by atoms with Crippen LogP contribution in [0.15, 0.2) is 43.0 Å². The summed E-state index contributed by atoms with van der Waals surface area (Å²) in [5.41, 5.74) is 1.33.